The number of carbonyl (C=O) groups is 2. The number of rotatable bonds is 4. The molecule has 2 aromatic rings. The Balaban J connectivity index is 2.21. The highest BCUT2D eigenvalue weighted by atomic mass is 79.9. The predicted octanol–water partition coefficient (Wildman–Crippen LogP) is 5.34. The molecule has 0 fully saturated rings. The first kappa shape index (κ1) is 19.5. The summed E-state index contributed by atoms with van der Waals surface area (Å²) in [5.74, 6) is -0.500. The van der Waals surface area contributed by atoms with Gasteiger partial charge < -0.3 is 9.47 Å². The lowest BCUT2D eigenvalue weighted by Gasteiger charge is -2.17. The van der Waals surface area contributed by atoms with Crippen LogP contribution in [0.25, 0.3) is 0 Å². The third kappa shape index (κ3) is 4.83. The van der Waals surface area contributed by atoms with Gasteiger partial charge in [0.25, 0.3) is 0 Å². The van der Waals surface area contributed by atoms with E-state index in [1.807, 2.05) is 51.1 Å². The summed E-state index contributed by atoms with van der Waals surface area (Å²) >= 11 is 4.78. The number of ether oxygens (including phenoxy) is 2. The molecule has 0 aliphatic heterocycles. The molecule has 7 heteroatoms. The van der Waals surface area contributed by atoms with Crippen LogP contribution in [-0.2, 0) is 21.5 Å². The molecule has 1 heterocycles. The fourth-order valence-corrected chi connectivity index (χ4v) is 4.49. The van der Waals surface area contributed by atoms with Crippen LogP contribution in [0.4, 0.5) is 10.5 Å². The van der Waals surface area contributed by atoms with Gasteiger partial charge in [-0.2, -0.15) is 0 Å². The molecule has 0 saturated carbocycles. The molecule has 134 valence electrons. The molecule has 0 spiro atoms. The van der Waals surface area contributed by atoms with E-state index in [2.05, 4.69) is 21.2 Å². The maximum atomic E-state index is 12.2. The van der Waals surface area contributed by atoms with Crippen LogP contribution in [0.1, 0.15) is 40.9 Å². The van der Waals surface area contributed by atoms with Crippen LogP contribution < -0.4 is 5.32 Å². The van der Waals surface area contributed by atoms with Crippen LogP contribution in [0.2, 0.25) is 0 Å². The van der Waals surface area contributed by atoms with Gasteiger partial charge in [-0.1, -0.05) is 51.1 Å². The Hall–Kier alpha value is -1.86. The van der Waals surface area contributed by atoms with E-state index < -0.39 is 12.1 Å². The van der Waals surface area contributed by atoms with Crippen LogP contribution >= 0.6 is 27.3 Å². The minimum absolute atomic E-state index is 0.147. The molecule has 0 atom stereocenters. The molecule has 5 nitrogen and oxygen atoms in total. The molecular weight excluding hydrogens is 406 g/mol. The summed E-state index contributed by atoms with van der Waals surface area (Å²) in [4.78, 5) is 25.5. The molecule has 0 aliphatic carbocycles. The van der Waals surface area contributed by atoms with E-state index in [4.69, 9.17) is 9.47 Å². The van der Waals surface area contributed by atoms with Gasteiger partial charge >= 0.3 is 12.1 Å². The molecule has 0 aliphatic rings. The van der Waals surface area contributed by atoms with Gasteiger partial charge in [0, 0.05) is 4.88 Å². The number of hydrogen-bond acceptors (Lipinski definition) is 5. The summed E-state index contributed by atoms with van der Waals surface area (Å²) in [7, 11) is 1.31. The van der Waals surface area contributed by atoms with Gasteiger partial charge in [-0.25, -0.2) is 9.59 Å². The van der Waals surface area contributed by atoms with Crippen molar-refractivity contribution in [3.05, 3.63) is 50.1 Å². The molecule has 1 amide bonds. The maximum absolute atomic E-state index is 12.2. The van der Waals surface area contributed by atoms with Crippen molar-refractivity contribution in [2.75, 3.05) is 12.4 Å². The van der Waals surface area contributed by atoms with Gasteiger partial charge in [0.2, 0.25) is 0 Å². The summed E-state index contributed by atoms with van der Waals surface area (Å²) in [6.45, 7) is 6.24. The number of benzene rings is 1. The zero-order chi connectivity index (χ0) is 18.6. The predicted molar refractivity (Wildman–Crippen MR) is 102 cm³/mol. The Labute approximate surface area is 159 Å². The van der Waals surface area contributed by atoms with E-state index in [0.717, 1.165) is 10.4 Å². The second kappa shape index (κ2) is 8.01. The number of thiophene rings is 1. The van der Waals surface area contributed by atoms with Crippen molar-refractivity contribution < 1.29 is 19.1 Å². The molecule has 0 unspecified atom stereocenters. The third-order valence-corrected chi connectivity index (χ3v) is 5.99. The summed E-state index contributed by atoms with van der Waals surface area (Å²) < 4.78 is 10.7. The summed E-state index contributed by atoms with van der Waals surface area (Å²) in [5.41, 5.74) is 1.06. The first-order valence-corrected chi connectivity index (χ1v) is 9.23. The first-order chi connectivity index (χ1) is 11.7. The van der Waals surface area contributed by atoms with Gasteiger partial charge in [-0.05, 0) is 26.9 Å². The molecule has 0 saturated heterocycles. The number of carbonyl (C=O) groups excluding carboxylic acids is 2. The summed E-state index contributed by atoms with van der Waals surface area (Å²) in [6, 6.07) is 9.37. The van der Waals surface area contributed by atoms with Crippen LogP contribution in [-0.4, -0.2) is 19.2 Å². The Morgan fingerprint density at radius 3 is 2.40 bits per heavy atom. The van der Waals surface area contributed by atoms with Crippen molar-refractivity contribution in [2.45, 2.75) is 32.8 Å². The molecule has 1 aromatic carbocycles. The molecule has 0 bridgehead atoms. The number of amides is 1. The first-order valence-electron chi connectivity index (χ1n) is 7.62. The van der Waals surface area contributed by atoms with E-state index in [0.29, 0.717) is 15.0 Å². The van der Waals surface area contributed by atoms with E-state index in [-0.39, 0.29) is 12.0 Å². The zero-order valence-corrected chi connectivity index (χ0v) is 16.9. The Morgan fingerprint density at radius 1 is 1.20 bits per heavy atom. The van der Waals surface area contributed by atoms with Gasteiger partial charge in [-0.3, -0.25) is 5.32 Å². The molecule has 2 rings (SSSR count). The van der Waals surface area contributed by atoms with E-state index >= 15 is 0 Å². The normalized spacial score (nSPS) is 11.1. The lowest BCUT2D eigenvalue weighted by atomic mass is 9.94. The minimum atomic E-state index is -0.632. The maximum Gasteiger partial charge on any atom is 0.412 e. The summed E-state index contributed by atoms with van der Waals surface area (Å²) in [6.07, 6.45) is -0.632. The van der Waals surface area contributed by atoms with Crippen molar-refractivity contribution in [3.63, 3.8) is 0 Å². The number of esters is 1. The molecule has 1 aromatic heterocycles. The highest BCUT2D eigenvalue weighted by Gasteiger charge is 2.29. The average Bonchev–Trinajstić information content (AvgIpc) is 2.90. The fourth-order valence-electron chi connectivity index (χ4n) is 2.10. The van der Waals surface area contributed by atoms with E-state index in [1.54, 1.807) is 0 Å². The third-order valence-electron chi connectivity index (χ3n) is 3.34. The highest BCUT2D eigenvalue weighted by Crippen LogP contribution is 2.44. The van der Waals surface area contributed by atoms with Gasteiger partial charge in [0.05, 0.1) is 17.3 Å². The number of anilines is 1. The van der Waals surface area contributed by atoms with Crippen molar-refractivity contribution >= 4 is 45.0 Å². The van der Waals surface area contributed by atoms with E-state index in [9.17, 15) is 9.59 Å². The largest absolute Gasteiger partial charge is 0.465 e. The van der Waals surface area contributed by atoms with Crippen molar-refractivity contribution in [1.29, 1.82) is 0 Å². The lowest BCUT2D eigenvalue weighted by molar-refractivity contribution is 0.0607. The van der Waals surface area contributed by atoms with Crippen molar-refractivity contribution in [3.8, 4) is 0 Å². The Bertz CT molecular complexity index is 765. The van der Waals surface area contributed by atoms with Crippen molar-refractivity contribution in [1.82, 2.24) is 0 Å². The minimum Gasteiger partial charge on any atom is -0.465 e. The molecule has 1 N–H and O–H groups in total. The second-order valence-electron chi connectivity index (χ2n) is 6.38. The average molecular weight is 426 g/mol. The second-order valence-corrected chi connectivity index (χ2v) is 8.19. The number of halogens is 1. The fraction of sp³-hybridized carbons (Fsp3) is 0.333. The Kier molecular flexibility index (Phi) is 6.24. The number of hydrogen-bond donors (Lipinski definition) is 1. The van der Waals surface area contributed by atoms with Crippen molar-refractivity contribution in [2.24, 2.45) is 0 Å². The van der Waals surface area contributed by atoms with Crippen LogP contribution in [0, 0.1) is 0 Å². The molecule has 0 radical (unpaired) electrons. The molecule has 25 heavy (non-hydrogen) atoms. The lowest BCUT2D eigenvalue weighted by Crippen LogP contribution is -2.16. The van der Waals surface area contributed by atoms with Gasteiger partial charge in [0.1, 0.15) is 11.5 Å². The van der Waals surface area contributed by atoms with E-state index in [1.165, 1.54) is 18.4 Å². The standard InChI is InChI=1S/C18H20BrNO4S/c1-18(2,3)15-12(19)13(14(25-15)16(21)23-4)20-17(22)24-10-11-8-6-5-7-9-11/h5-9H,10H2,1-4H3,(H,20,22). The number of nitrogens with one attached hydrogen (secondary N) is 1. The zero-order valence-electron chi connectivity index (χ0n) is 14.5. The smallest absolute Gasteiger partial charge is 0.412 e. The van der Waals surface area contributed by atoms with Gasteiger partial charge in [-0.15, -0.1) is 11.3 Å². The highest BCUT2D eigenvalue weighted by molar-refractivity contribution is 9.10. The number of methoxy groups -OCH3 is 1. The topological polar surface area (TPSA) is 64.6 Å². The monoisotopic (exact) mass is 425 g/mol. The summed E-state index contributed by atoms with van der Waals surface area (Å²) in [5, 5.41) is 2.66. The van der Waals surface area contributed by atoms with Crippen LogP contribution in [0.5, 0.6) is 0 Å². The molecular formula is C18H20BrNO4S. The quantitative estimate of drug-likeness (QED) is 0.670. The Morgan fingerprint density at radius 2 is 1.84 bits per heavy atom. The van der Waals surface area contributed by atoms with Crippen LogP contribution in [0.15, 0.2) is 34.8 Å². The van der Waals surface area contributed by atoms with Crippen LogP contribution in [0.3, 0.4) is 0 Å². The van der Waals surface area contributed by atoms with Gasteiger partial charge in [0.15, 0.2) is 0 Å². The SMILES string of the molecule is COC(=O)c1sc(C(C)(C)C)c(Br)c1NC(=O)OCc1ccccc1.